The monoisotopic (exact) mass is 546 g/mol. The number of aromatic amines is 1. The SMILES string of the molecule is COc1ccc2nc(N3C(=O)C(=O)/C(=C(/O)c4cc(C)cc(Cl)c4OC)C3c3ccc(N(C)C)cc3)[nH]c2c1. The number of imidazole rings is 1. The number of hydrogen-bond acceptors (Lipinski definition) is 7. The Morgan fingerprint density at radius 1 is 1.05 bits per heavy atom. The van der Waals surface area contributed by atoms with E-state index in [4.69, 9.17) is 21.1 Å². The molecule has 10 heteroatoms. The van der Waals surface area contributed by atoms with E-state index < -0.39 is 23.5 Å². The molecule has 0 bridgehead atoms. The summed E-state index contributed by atoms with van der Waals surface area (Å²) in [5.41, 5.74) is 3.60. The molecule has 4 aromatic rings. The molecule has 1 aliphatic rings. The van der Waals surface area contributed by atoms with E-state index in [0.717, 1.165) is 11.3 Å². The number of Topliss-reactive ketones (excluding diaryl/α,β-unsaturated/α-hetero) is 1. The lowest BCUT2D eigenvalue weighted by Gasteiger charge is -2.24. The van der Waals surface area contributed by atoms with Gasteiger partial charge in [0.15, 0.2) is 0 Å². The highest BCUT2D eigenvalue weighted by Crippen LogP contribution is 2.44. The smallest absolute Gasteiger partial charge is 0.302 e. The third-order valence-corrected chi connectivity index (χ3v) is 7.00. The van der Waals surface area contributed by atoms with E-state index >= 15 is 0 Å². The summed E-state index contributed by atoms with van der Waals surface area (Å²) in [6.07, 6.45) is 0. The van der Waals surface area contributed by atoms with E-state index in [2.05, 4.69) is 9.97 Å². The van der Waals surface area contributed by atoms with Gasteiger partial charge in [-0.2, -0.15) is 0 Å². The number of carbonyl (C=O) groups is 2. The number of aliphatic hydroxyl groups is 1. The van der Waals surface area contributed by atoms with Gasteiger partial charge in [0.25, 0.3) is 5.78 Å². The van der Waals surface area contributed by atoms with Crippen LogP contribution in [-0.2, 0) is 9.59 Å². The zero-order valence-corrected chi connectivity index (χ0v) is 22.8. The highest BCUT2D eigenvalue weighted by atomic mass is 35.5. The molecule has 1 aromatic heterocycles. The number of halogens is 1. The van der Waals surface area contributed by atoms with Crippen molar-refractivity contribution in [2.24, 2.45) is 0 Å². The standard InChI is InChI=1S/C29H27ClN4O5/c1-15-12-19(27(39-5)20(30)13-15)25(35)23-24(16-6-8-17(9-7-16)33(2)3)34(28(37)26(23)36)29-31-21-11-10-18(38-4)14-22(21)32-29/h6-14,24,35H,1-5H3,(H,31,32)/b25-23+. The second kappa shape index (κ2) is 9.99. The van der Waals surface area contributed by atoms with Crippen molar-refractivity contribution in [3.8, 4) is 11.5 Å². The molecule has 3 aromatic carbocycles. The number of H-pyrrole nitrogens is 1. The summed E-state index contributed by atoms with van der Waals surface area (Å²) in [5.74, 6) is -1.11. The Morgan fingerprint density at radius 3 is 2.41 bits per heavy atom. The van der Waals surface area contributed by atoms with Gasteiger partial charge in [0.05, 0.1) is 47.5 Å². The zero-order chi connectivity index (χ0) is 28.0. The predicted molar refractivity (Wildman–Crippen MR) is 151 cm³/mol. The molecular weight excluding hydrogens is 520 g/mol. The van der Waals surface area contributed by atoms with Crippen molar-refractivity contribution in [3.63, 3.8) is 0 Å². The molecule has 0 saturated carbocycles. The molecule has 2 N–H and O–H groups in total. The predicted octanol–water partition coefficient (Wildman–Crippen LogP) is 5.23. The molecule has 0 spiro atoms. The van der Waals surface area contributed by atoms with E-state index in [1.54, 1.807) is 44.4 Å². The number of aryl methyl sites for hydroxylation is 1. The molecule has 39 heavy (non-hydrogen) atoms. The van der Waals surface area contributed by atoms with Crippen LogP contribution in [-0.4, -0.2) is 55.1 Å². The lowest BCUT2D eigenvalue weighted by molar-refractivity contribution is -0.132. The summed E-state index contributed by atoms with van der Waals surface area (Å²) >= 11 is 6.39. The maximum Gasteiger partial charge on any atom is 0.302 e. The van der Waals surface area contributed by atoms with Gasteiger partial charge in [0.2, 0.25) is 5.95 Å². The molecule has 1 saturated heterocycles. The number of methoxy groups -OCH3 is 2. The van der Waals surface area contributed by atoms with Gasteiger partial charge in [-0.25, -0.2) is 4.98 Å². The van der Waals surface area contributed by atoms with E-state index in [1.165, 1.54) is 12.0 Å². The number of aliphatic hydroxyl groups excluding tert-OH is 1. The van der Waals surface area contributed by atoms with Crippen LogP contribution >= 0.6 is 11.6 Å². The summed E-state index contributed by atoms with van der Waals surface area (Å²) in [5, 5.41) is 11.9. The minimum atomic E-state index is -0.979. The Morgan fingerprint density at radius 2 is 1.77 bits per heavy atom. The molecule has 1 atom stereocenters. The maximum atomic E-state index is 13.6. The van der Waals surface area contributed by atoms with E-state index in [9.17, 15) is 14.7 Å². The number of ether oxygens (including phenoxy) is 2. The van der Waals surface area contributed by atoms with Crippen molar-refractivity contribution in [2.45, 2.75) is 13.0 Å². The number of anilines is 2. The highest BCUT2D eigenvalue weighted by Gasteiger charge is 2.48. The second-order valence-electron chi connectivity index (χ2n) is 9.43. The number of fused-ring (bicyclic) bond motifs is 1. The number of carbonyl (C=O) groups excluding carboxylic acids is 2. The second-order valence-corrected chi connectivity index (χ2v) is 9.83. The Hall–Kier alpha value is -4.50. The fourth-order valence-electron chi connectivity index (χ4n) is 4.79. The first-order valence-corrected chi connectivity index (χ1v) is 12.5. The Balaban J connectivity index is 1.75. The molecule has 2 heterocycles. The van der Waals surface area contributed by atoms with Gasteiger partial charge >= 0.3 is 5.91 Å². The molecule has 1 amide bonds. The van der Waals surface area contributed by atoms with Gasteiger partial charge in [0, 0.05) is 25.8 Å². The van der Waals surface area contributed by atoms with E-state index in [0.29, 0.717) is 22.3 Å². The number of hydrogen-bond donors (Lipinski definition) is 2. The van der Waals surface area contributed by atoms with Crippen molar-refractivity contribution in [3.05, 3.63) is 81.9 Å². The molecule has 5 rings (SSSR count). The topological polar surface area (TPSA) is 108 Å². The van der Waals surface area contributed by atoms with Crippen LogP contribution in [0.15, 0.2) is 60.2 Å². The fourth-order valence-corrected chi connectivity index (χ4v) is 5.15. The summed E-state index contributed by atoms with van der Waals surface area (Å²) in [6.45, 7) is 1.81. The third kappa shape index (κ3) is 4.44. The van der Waals surface area contributed by atoms with E-state index in [1.807, 2.05) is 43.3 Å². The minimum Gasteiger partial charge on any atom is -0.507 e. The van der Waals surface area contributed by atoms with Crippen molar-refractivity contribution in [1.29, 1.82) is 0 Å². The summed E-state index contributed by atoms with van der Waals surface area (Å²) < 4.78 is 10.8. The Bertz CT molecular complexity index is 1640. The zero-order valence-electron chi connectivity index (χ0n) is 22.1. The Labute approximate surface area is 230 Å². The Kier molecular flexibility index (Phi) is 6.69. The lowest BCUT2D eigenvalue weighted by atomic mass is 9.94. The average molecular weight is 547 g/mol. The van der Waals surface area contributed by atoms with Gasteiger partial charge < -0.3 is 24.5 Å². The number of nitrogens with one attached hydrogen (secondary N) is 1. The first-order valence-electron chi connectivity index (χ1n) is 12.1. The average Bonchev–Trinajstić information content (AvgIpc) is 3.45. The molecule has 1 fully saturated rings. The molecule has 1 unspecified atom stereocenters. The molecule has 0 aliphatic carbocycles. The summed E-state index contributed by atoms with van der Waals surface area (Å²) in [4.78, 5) is 38.1. The molecule has 9 nitrogen and oxygen atoms in total. The normalized spacial score (nSPS) is 16.7. The van der Waals surface area contributed by atoms with Crippen LogP contribution < -0.4 is 19.3 Å². The van der Waals surface area contributed by atoms with E-state index in [-0.39, 0.29) is 27.9 Å². The number of rotatable bonds is 6. The van der Waals surface area contributed by atoms with Crippen molar-refractivity contribution < 1.29 is 24.2 Å². The molecule has 0 radical (unpaired) electrons. The molecular formula is C29H27ClN4O5. The van der Waals surface area contributed by atoms with Gasteiger partial charge in [0.1, 0.15) is 17.3 Å². The van der Waals surface area contributed by atoms with Crippen LogP contribution in [0, 0.1) is 6.92 Å². The molecule has 200 valence electrons. The number of benzene rings is 3. The minimum absolute atomic E-state index is 0.101. The first-order chi connectivity index (χ1) is 18.6. The molecule has 1 aliphatic heterocycles. The lowest BCUT2D eigenvalue weighted by Crippen LogP contribution is -2.30. The largest absolute Gasteiger partial charge is 0.507 e. The number of amides is 1. The van der Waals surface area contributed by atoms with Gasteiger partial charge in [-0.15, -0.1) is 0 Å². The summed E-state index contributed by atoms with van der Waals surface area (Å²) in [7, 11) is 6.81. The van der Waals surface area contributed by atoms with Crippen molar-refractivity contribution in [1.82, 2.24) is 9.97 Å². The maximum absolute atomic E-state index is 13.6. The van der Waals surface area contributed by atoms with Gasteiger partial charge in [-0.05, 0) is 54.4 Å². The van der Waals surface area contributed by atoms with Crippen LogP contribution in [0.3, 0.4) is 0 Å². The van der Waals surface area contributed by atoms with Gasteiger partial charge in [-0.1, -0.05) is 23.7 Å². The highest BCUT2D eigenvalue weighted by molar-refractivity contribution is 6.51. The first kappa shape index (κ1) is 26.1. The third-order valence-electron chi connectivity index (χ3n) is 6.72. The summed E-state index contributed by atoms with van der Waals surface area (Å²) in [6, 6.07) is 15.0. The van der Waals surface area contributed by atoms with Crippen LogP contribution in [0.2, 0.25) is 5.02 Å². The van der Waals surface area contributed by atoms with Crippen molar-refractivity contribution >= 4 is 51.7 Å². The van der Waals surface area contributed by atoms with Crippen LogP contribution in [0.4, 0.5) is 11.6 Å². The number of nitrogens with zero attached hydrogens (tertiary/aromatic N) is 3. The van der Waals surface area contributed by atoms with Crippen LogP contribution in [0.1, 0.15) is 22.7 Å². The van der Waals surface area contributed by atoms with Gasteiger partial charge in [-0.3, -0.25) is 14.5 Å². The quantitative estimate of drug-likeness (QED) is 0.193. The number of aromatic nitrogens is 2. The van der Waals surface area contributed by atoms with Crippen LogP contribution in [0.5, 0.6) is 11.5 Å². The fraction of sp³-hybridized carbons (Fsp3) is 0.207. The number of ketones is 1. The van der Waals surface area contributed by atoms with Crippen LogP contribution in [0.25, 0.3) is 16.8 Å². The van der Waals surface area contributed by atoms with Crippen molar-refractivity contribution in [2.75, 3.05) is 38.1 Å².